The molecule has 0 radical (unpaired) electrons. The highest BCUT2D eigenvalue weighted by molar-refractivity contribution is 9.10. The van der Waals surface area contributed by atoms with E-state index in [4.69, 9.17) is 28.9 Å². The van der Waals surface area contributed by atoms with Gasteiger partial charge in [0.2, 0.25) is 0 Å². The van der Waals surface area contributed by atoms with Crippen molar-refractivity contribution in [1.82, 2.24) is 9.78 Å². The van der Waals surface area contributed by atoms with Gasteiger partial charge in [0.05, 0.1) is 31.1 Å². The third-order valence-electron chi connectivity index (χ3n) is 2.25. The predicted molar refractivity (Wildman–Crippen MR) is 71.3 cm³/mol. The standard InChI is InChI=1S/C9H8BrCl2N3S/c1-15-8(5(10)3-14-15)7(13)4-2-6(11)16-9(4)12/h2-3,7H,13H2,1H3. The van der Waals surface area contributed by atoms with Crippen molar-refractivity contribution in [3.8, 4) is 0 Å². The van der Waals surface area contributed by atoms with E-state index in [9.17, 15) is 0 Å². The number of hydrogen-bond donors (Lipinski definition) is 1. The second-order valence-electron chi connectivity index (χ2n) is 3.26. The molecule has 2 aromatic rings. The van der Waals surface area contributed by atoms with Crippen LogP contribution in [-0.4, -0.2) is 9.78 Å². The number of aromatic nitrogens is 2. The van der Waals surface area contributed by atoms with E-state index in [1.807, 2.05) is 7.05 Å². The topological polar surface area (TPSA) is 43.8 Å². The molecule has 0 saturated carbocycles. The Hall–Kier alpha value is -0.0700. The lowest BCUT2D eigenvalue weighted by molar-refractivity contribution is 0.672. The quantitative estimate of drug-likeness (QED) is 0.907. The first-order chi connectivity index (χ1) is 7.50. The zero-order chi connectivity index (χ0) is 11.9. The maximum Gasteiger partial charge on any atom is 0.0995 e. The SMILES string of the molecule is Cn1ncc(Br)c1C(N)c1cc(Cl)sc1Cl. The van der Waals surface area contributed by atoms with E-state index < -0.39 is 0 Å². The van der Waals surface area contributed by atoms with Crippen LogP contribution in [0.2, 0.25) is 8.67 Å². The Kier molecular flexibility index (Phi) is 3.61. The lowest BCUT2D eigenvalue weighted by Crippen LogP contribution is -2.16. The summed E-state index contributed by atoms with van der Waals surface area (Å²) in [6.07, 6.45) is 1.71. The number of nitrogens with two attached hydrogens (primary N) is 1. The molecule has 0 spiro atoms. The van der Waals surface area contributed by atoms with Crippen molar-refractivity contribution in [3.63, 3.8) is 0 Å². The molecule has 2 N–H and O–H groups in total. The van der Waals surface area contributed by atoms with Crippen LogP contribution in [0.25, 0.3) is 0 Å². The normalized spacial score (nSPS) is 13.1. The minimum Gasteiger partial charge on any atom is -0.319 e. The molecule has 0 bridgehead atoms. The average Bonchev–Trinajstić information content (AvgIpc) is 2.70. The van der Waals surface area contributed by atoms with Gasteiger partial charge in [-0.15, -0.1) is 11.3 Å². The van der Waals surface area contributed by atoms with Crippen LogP contribution in [0, 0.1) is 0 Å². The number of thiophene rings is 1. The molecule has 0 saturated heterocycles. The molecular weight excluding hydrogens is 333 g/mol. The fraction of sp³-hybridized carbons (Fsp3) is 0.222. The second kappa shape index (κ2) is 4.66. The maximum atomic E-state index is 6.15. The van der Waals surface area contributed by atoms with Crippen LogP contribution in [0.3, 0.4) is 0 Å². The zero-order valence-corrected chi connectivity index (χ0v) is 12.2. The fourth-order valence-electron chi connectivity index (χ4n) is 1.48. The summed E-state index contributed by atoms with van der Waals surface area (Å²) in [6.45, 7) is 0. The third kappa shape index (κ3) is 2.15. The van der Waals surface area contributed by atoms with Crippen molar-refractivity contribution < 1.29 is 0 Å². The van der Waals surface area contributed by atoms with E-state index in [0.717, 1.165) is 15.7 Å². The van der Waals surface area contributed by atoms with Crippen LogP contribution >= 0.6 is 50.5 Å². The van der Waals surface area contributed by atoms with Gasteiger partial charge < -0.3 is 5.73 Å². The van der Waals surface area contributed by atoms with E-state index in [1.165, 1.54) is 11.3 Å². The number of nitrogens with zero attached hydrogens (tertiary/aromatic N) is 2. The smallest absolute Gasteiger partial charge is 0.0995 e. The summed E-state index contributed by atoms with van der Waals surface area (Å²) in [6, 6.07) is 1.46. The molecule has 1 unspecified atom stereocenters. The van der Waals surface area contributed by atoms with E-state index in [0.29, 0.717) is 8.67 Å². The van der Waals surface area contributed by atoms with E-state index in [1.54, 1.807) is 16.9 Å². The molecule has 3 nitrogen and oxygen atoms in total. The van der Waals surface area contributed by atoms with Crippen LogP contribution < -0.4 is 5.73 Å². The lowest BCUT2D eigenvalue weighted by Gasteiger charge is -2.12. The molecule has 0 fully saturated rings. The summed E-state index contributed by atoms with van der Waals surface area (Å²) in [5.74, 6) is 0. The Bertz CT molecular complexity index is 503. The van der Waals surface area contributed by atoms with Gasteiger partial charge in [-0.25, -0.2) is 0 Å². The van der Waals surface area contributed by atoms with Gasteiger partial charge >= 0.3 is 0 Å². The molecular formula is C9H8BrCl2N3S. The average molecular weight is 341 g/mol. The molecule has 0 aromatic carbocycles. The summed E-state index contributed by atoms with van der Waals surface area (Å²) in [7, 11) is 1.84. The Morgan fingerprint density at radius 1 is 1.56 bits per heavy atom. The first-order valence-corrected chi connectivity index (χ1v) is 6.75. The van der Waals surface area contributed by atoms with Gasteiger partial charge in [-0.05, 0) is 22.0 Å². The summed E-state index contributed by atoms with van der Waals surface area (Å²) in [5, 5.41) is 4.12. The Morgan fingerprint density at radius 2 is 2.25 bits per heavy atom. The van der Waals surface area contributed by atoms with Gasteiger partial charge in [-0.1, -0.05) is 23.2 Å². The summed E-state index contributed by atoms with van der Waals surface area (Å²) < 4.78 is 3.83. The van der Waals surface area contributed by atoms with Crippen molar-refractivity contribution in [2.45, 2.75) is 6.04 Å². The largest absolute Gasteiger partial charge is 0.319 e. The van der Waals surface area contributed by atoms with Gasteiger partial charge in [0, 0.05) is 12.6 Å². The third-order valence-corrected chi connectivity index (χ3v) is 4.38. The van der Waals surface area contributed by atoms with E-state index in [2.05, 4.69) is 21.0 Å². The summed E-state index contributed by atoms with van der Waals surface area (Å²) in [4.78, 5) is 0. The van der Waals surface area contributed by atoms with Crippen molar-refractivity contribution in [2.75, 3.05) is 0 Å². The molecule has 7 heteroatoms. The van der Waals surface area contributed by atoms with Crippen LogP contribution in [0.1, 0.15) is 17.3 Å². The number of aryl methyl sites for hydroxylation is 1. The molecule has 86 valence electrons. The number of hydrogen-bond acceptors (Lipinski definition) is 3. The van der Waals surface area contributed by atoms with Crippen LogP contribution in [-0.2, 0) is 7.05 Å². The van der Waals surface area contributed by atoms with Crippen LogP contribution in [0.4, 0.5) is 0 Å². The van der Waals surface area contributed by atoms with Crippen LogP contribution in [0.5, 0.6) is 0 Å². The van der Waals surface area contributed by atoms with Gasteiger partial charge in [0.1, 0.15) is 0 Å². The molecule has 1 atom stereocenters. The van der Waals surface area contributed by atoms with Gasteiger partial charge in [0.25, 0.3) is 0 Å². The van der Waals surface area contributed by atoms with E-state index >= 15 is 0 Å². The molecule has 0 aliphatic carbocycles. The highest BCUT2D eigenvalue weighted by atomic mass is 79.9. The van der Waals surface area contributed by atoms with Gasteiger partial charge in [0.15, 0.2) is 0 Å². The molecule has 16 heavy (non-hydrogen) atoms. The molecule has 2 aromatic heterocycles. The van der Waals surface area contributed by atoms with Crippen molar-refractivity contribution in [2.24, 2.45) is 12.8 Å². The molecule has 0 aliphatic heterocycles. The highest BCUT2D eigenvalue weighted by Crippen LogP contribution is 2.37. The molecule has 0 amide bonds. The Labute approximate surface area is 115 Å². The van der Waals surface area contributed by atoms with E-state index in [-0.39, 0.29) is 6.04 Å². The summed E-state index contributed by atoms with van der Waals surface area (Å²) >= 11 is 16.7. The van der Waals surface area contributed by atoms with Crippen molar-refractivity contribution in [1.29, 1.82) is 0 Å². The molecule has 2 rings (SSSR count). The minimum atomic E-state index is -0.335. The first-order valence-electron chi connectivity index (χ1n) is 4.38. The number of halogens is 3. The lowest BCUT2D eigenvalue weighted by atomic mass is 10.1. The minimum absolute atomic E-state index is 0.335. The maximum absolute atomic E-state index is 6.15. The zero-order valence-electron chi connectivity index (χ0n) is 8.25. The molecule has 2 heterocycles. The predicted octanol–water partition coefficient (Wildman–Crippen LogP) is 3.60. The fourth-order valence-corrected chi connectivity index (χ4v) is 3.63. The van der Waals surface area contributed by atoms with Gasteiger partial charge in [-0.3, -0.25) is 4.68 Å². The Balaban J connectivity index is 2.46. The molecule has 0 aliphatic rings. The monoisotopic (exact) mass is 339 g/mol. The first kappa shape index (κ1) is 12.4. The second-order valence-corrected chi connectivity index (χ2v) is 6.40. The number of rotatable bonds is 2. The Morgan fingerprint density at radius 3 is 2.69 bits per heavy atom. The van der Waals surface area contributed by atoms with Crippen molar-refractivity contribution >= 4 is 50.5 Å². The van der Waals surface area contributed by atoms with Crippen molar-refractivity contribution in [3.05, 3.63) is 36.7 Å². The van der Waals surface area contributed by atoms with Gasteiger partial charge in [-0.2, -0.15) is 5.10 Å². The van der Waals surface area contributed by atoms with Crippen LogP contribution in [0.15, 0.2) is 16.7 Å². The summed E-state index contributed by atoms with van der Waals surface area (Å²) in [5.41, 5.74) is 7.84. The highest BCUT2D eigenvalue weighted by Gasteiger charge is 2.20.